The van der Waals surface area contributed by atoms with Gasteiger partial charge in [-0.1, -0.05) is 0 Å². The Morgan fingerprint density at radius 2 is 2.00 bits per heavy atom. The number of nitrogens with one attached hydrogen (secondary N) is 1. The second-order valence-electron chi connectivity index (χ2n) is 9.60. The topological polar surface area (TPSA) is 62.8 Å². The SMILES string of the molecule is CNCCOc1ccc(-c2cc(N3CC4CN(C)CC(F)(F)C4C3)c3cc(F)c(OC)cc3n2)cn1. The highest BCUT2D eigenvalue weighted by atomic mass is 19.3. The minimum atomic E-state index is -2.78. The van der Waals surface area contributed by atoms with Crippen molar-refractivity contribution in [2.24, 2.45) is 11.8 Å². The van der Waals surface area contributed by atoms with E-state index in [9.17, 15) is 13.2 Å². The summed E-state index contributed by atoms with van der Waals surface area (Å²) in [5.74, 6) is -3.66. The van der Waals surface area contributed by atoms with Gasteiger partial charge >= 0.3 is 0 Å². The molecule has 2 unspecified atom stereocenters. The van der Waals surface area contributed by atoms with Crippen molar-refractivity contribution >= 4 is 16.6 Å². The molecule has 0 bridgehead atoms. The van der Waals surface area contributed by atoms with E-state index in [-0.39, 0.29) is 24.8 Å². The van der Waals surface area contributed by atoms with Crippen LogP contribution in [-0.4, -0.2) is 81.3 Å². The van der Waals surface area contributed by atoms with Gasteiger partial charge in [0.2, 0.25) is 5.88 Å². The number of alkyl halides is 2. The third-order valence-electron chi connectivity index (χ3n) is 7.05. The van der Waals surface area contributed by atoms with E-state index in [1.807, 2.05) is 24.1 Å². The average molecular weight is 502 g/mol. The molecule has 2 aromatic heterocycles. The summed E-state index contributed by atoms with van der Waals surface area (Å²) in [5.41, 5.74) is 2.55. The maximum Gasteiger partial charge on any atom is 0.265 e. The molecule has 2 aliphatic rings. The molecule has 0 aliphatic carbocycles. The summed E-state index contributed by atoms with van der Waals surface area (Å²) < 4.78 is 55.3. The summed E-state index contributed by atoms with van der Waals surface area (Å²) in [6.07, 6.45) is 1.67. The summed E-state index contributed by atoms with van der Waals surface area (Å²) in [7, 11) is 4.97. The molecule has 4 heterocycles. The molecule has 1 aromatic carbocycles. The number of hydrogen-bond acceptors (Lipinski definition) is 7. The smallest absolute Gasteiger partial charge is 0.265 e. The van der Waals surface area contributed by atoms with Gasteiger partial charge in [-0.2, -0.15) is 0 Å². The van der Waals surface area contributed by atoms with Gasteiger partial charge in [0.1, 0.15) is 6.61 Å². The van der Waals surface area contributed by atoms with Gasteiger partial charge in [-0.05, 0) is 38.2 Å². The highest BCUT2D eigenvalue weighted by molar-refractivity contribution is 5.95. The van der Waals surface area contributed by atoms with Crippen molar-refractivity contribution in [2.75, 3.05) is 65.4 Å². The number of likely N-dealkylation sites (N-methyl/N-ethyl adjacent to an activating group) is 1. The average Bonchev–Trinajstić information content (AvgIpc) is 3.28. The molecule has 3 aromatic rings. The number of aromatic nitrogens is 2. The van der Waals surface area contributed by atoms with E-state index in [0.717, 1.165) is 5.56 Å². The van der Waals surface area contributed by atoms with Crippen LogP contribution in [0.1, 0.15) is 0 Å². The van der Waals surface area contributed by atoms with Crippen LogP contribution in [-0.2, 0) is 0 Å². The molecule has 0 spiro atoms. The molecular formula is C26H30F3N5O2. The summed E-state index contributed by atoms with van der Waals surface area (Å²) in [6, 6.07) is 8.39. The molecule has 0 radical (unpaired) electrons. The number of hydrogen-bond donors (Lipinski definition) is 1. The lowest BCUT2D eigenvalue weighted by atomic mass is 9.86. The van der Waals surface area contributed by atoms with Crippen molar-refractivity contribution < 1.29 is 22.6 Å². The number of pyridine rings is 2. The number of methoxy groups -OCH3 is 1. The number of rotatable bonds is 7. The van der Waals surface area contributed by atoms with Gasteiger partial charge in [0, 0.05) is 67.1 Å². The van der Waals surface area contributed by atoms with Crippen LogP contribution in [0.25, 0.3) is 22.2 Å². The van der Waals surface area contributed by atoms with E-state index in [1.54, 1.807) is 30.3 Å². The summed E-state index contributed by atoms with van der Waals surface area (Å²) in [4.78, 5) is 12.8. The number of nitrogens with zero attached hydrogens (tertiary/aromatic N) is 4. The highest BCUT2D eigenvalue weighted by Gasteiger charge is 2.53. The first-order valence-corrected chi connectivity index (χ1v) is 12.0. The van der Waals surface area contributed by atoms with E-state index < -0.39 is 17.7 Å². The van der Waals surface area contributed by atoms with E-state index in [1.165, 1.54) is 13.2 Å². The Morgan fingerprint density at radius 3 is 2.72 bits per heavy atom. The number of halogens is 3. The Labute approximate surface area is 208 Å². The van der Waals surface area contributed by atoms with Crippen molar-refractivity contribution in [1.29, 1.82) is 0 Å². The molecular weight excluding hydrogens is 471 g/mol. The normalized spacial score (nSPS) is 21.6. The Hall–Kier alpha value is -3.11. The number of fused-ring (bicyclic) bond motifs is 2. The number of ether oxygens (including phenoxy) is 2. The van der Waals surface area contributed by atoms with E-state index in [0.29, 0.717) is 54.4 Å². The van der Waals surface area contributed by atoms with Crippen LogP contribution in [0.4, 0.5) is 18.9 Å². The quantitative estimate of drug-likeness (QED) is 0.496. The fourth-order valence-electron chi connectivity index (χ4n) is 5.32. The molecule has 192 valence electrons. The minimum Gasteiger partial charge on any atom is -0.494 e. The van der Waals surface area contributed by atoms with Gasteiger partial charge in [0.25, 0.3) is 5.92 Å². The molecule has 2 saturated heterocycles. The molecule has 2 atom stereocenters. The van der Waals surface area contributed by atoms with Crippen LogP contribution >= 0.6 is 0 Å². The first-order valence-electron chi connectivity index (χ1n) is 12.0. The lowest BCUT2D eigenvalue weighted by molar-refractivity contribution is -0.114. The van der Waals surface area contributed by atoms with Crippen molar-refractivity contribution in [1.82, 2.24) is 20.2 Å². The van der Waals surface area contributed by atoms with Crippen molar-refractivity contribution in [3.05, 3.63) is 42.3 Å². The second-order valence-corrected chi connectivity index (χ2v) is 9.60. The Morgan fingerprint density at radius 1 is 1.17 bits per heavy atom. The van der Waals surface area contributed by atoms with Gasteiger partial charge < -0.3 is 24.6 Å². The fourth-order valence-corrected chi connectivity index (χ4v) is 5.32. The van der Waals surface area contributed by atoms with Crippen LogP contribution in [0.3, 0.4) is 0 Å². The molecule has 7 nitrogen and oxygen atoms in total. The van der Waals surface area contributed by atoms with Crippen LogP contribution in [0.5, 0.6) is 11.6 Å². The molecule has 5 rings (SSSR count). The lowest BCUT2D eigenvalue weighted by Crippen LogP contribution is -2.51. The molecule has 36 heavy (non-hydrogen) atoms. The van der Waals surface area contributed by atoms with Crippen molar-refractivity contribution in [3.63, 3.8) is 0 Å². The number of piperidine rings is 1. The van der Waals surface area contributed by atoms with Gasteiger partial charge in [0.15, 0.2) is 11.6 Å². The predicted molar refractivity (Wildman–Crippen MR) is 133 cm³/mol. The minimum absolute atomic E-state index is 0.0766. The Bertz CT molecular complexity index is 1240. The van der Waals surface area contributed by atoms with Crippen molar-refractivity contribution in [3.8, 4) is 22.9 Å². The second kappa shape index (κ2) is 9.74. The summed E-state index contributed by atoms with van der Waals surface area (Å²) in [6.45, 7) is 2.22. The summed E-state index contributed by atoms with van der Waals surface area (Å²) >= 11 is 0. The first kappa shape index (κ1) is 24.6. The van der Waals surface area contributed by atoms with Gasteiger partial charge in [-0.15, -0.1) is 0 Å². The molecule has 2 fully saturated rings. The number of likely N-dealkylation sites (tertiary alicyclic amines) is 1. The van der Waals surface area contributed by atoms with E-state index in [2.05, 4.69) is 10.3 Å². The summed E-state index contributed by atoms with van der Waals surface area (Å²) in [5, 5.41) is 3.57. The molecule has 0 amide bonds. The maximum atomic E-state index is 14.9. The standard InChI is InChI=1S/C26H30F3N5O2/c1-30-6-7-36-25-5-4-16(11-31-25)21-9-23(18-8-20(27)24(35-3)10-22(18)32-21)34-13-17-12-33(2)15-26(28,29)19(17)14-34/h4-5,8-11,17,19,30H,6-7,12-15H2,1-3H3. The van der Waals surface area contributed by atoms with E-state index >= 15 is 0 Å². The van der Waals surface area contributed by atoms with Crippen molar-refractivity contribution in [2.45, 2.75) is 5.92 Å². The lowest BCUT2D eigenvalue weighted by Gasteiger charge is -2.37. The fraction of sp³-hybridized carbons (Fsp3) is 0.462. The van der Waals surface area contributed by atoms with Crippen LogP contribution < -0.4 is 19.7 Å². The van der Waals surface area contributed by atoms with E-state index in [4.69, 9.17) is 14.5 Å². The highest BCUT2D eigenvalue weighted by Crippen LogP contribution is 2.44. The monoisotopic (exact) mass is 501 g/mol. The van der Waals surface area contributed by atoms with Gasteiger partial charge in [-0.3, -0.25) is 0 Å². The molecule has 0 saturated carbocycles. The zero-order valence-electron chi connectivity index (χ0n) is 20.6. The number of anilines is 1. The Kier molecular flexibility index (Phi) is 6.65. The van der Waals surface area contributed by atoms with Gasteiger partial charge in [-0.25, -0.2) is 23.1 Å². The third kappa shape index (κ3) is 4.67. The number of benzene rings is 1. The van der Waals surface area contributed by atoms with Gasteiger partial charge in [0.05, 0.1) is 24.9 Å². The largest absolute Gasteiger partial charge is 0.494 e. The Balaban J connectivity index is 1.54. The third-order valence-corrected chi connectivity index (χ3v) is 7.05. The van der Waals surface area contributed by atoms with Crippen LogP contribution in [0, 0.1) is 17.7 Å². The zero-order valence-corrected chi connectivity index (χ0v) is 20.6. The zero-order chi connectivity index (χ0) is 25.4. The maximum absolute atomic E-state index is 14.9. The van der Waals surface area contributed by atoms with Crippen LogP contribution in [0.15, 0.2) is 36.5 Å². The predicted octanol–water partition coefficient (Wildman–Crippen LogP) is 3.68. The molecule has 2 aliphatic heterocycles. The van der Waals surface area contributed by atoms with Crippen LogP contribution in [0.2, 0.25) is 0 Å². The first-order chi connectivity index (χ1) is 17.3. The molecule has 1 N–H and O–H groups in total. The molecule has 10 heteroatoms.